The van der Waals surface area contributed by atoms with Gasteiger partial charge in [-0.15, -0.1) is 0 Å². The molecular weight excluding hydrogens is 199 g/mol. The Morgan fingerprint density at radius 3 is 2.31 bits per heavy atom. The van der Waals surface area contributed by atoms with E-state index in [-0.39, 0.29) is 0 Å². The fourth-order valence-corrected chi connectivity index (χ4v) is 1.73. The van der Waals surface area contributed by atoms with E-state index in [1.165, 1.54) is 0 Å². The topological polar surface area (TPSA) is 40.5 Å². The number of benzene rings is 1. The molecule has 0 heterocycles. The van der Waals surface area contributed by atoms with Crippen LogP contribution in [0.4, 0.5) is 0 Å². The lowest BCUT2D eigenvalue weighted by Gasteiger charge is -2.16. The minimum absolute atomic E-state index is 0.637. The van der Waals surface area contributed by atoms with Gasteiger partial charge in [-0.2, -0.15) is 0 Å². The van der Waals surface area contributed by atoms with Crippen LogP contribution in [0.3, 0.4) is 0 Å². The molecule has 0 aromatic heterocycles. The molecule has 0 aliphatic rings. The molecule has 0 aliphatic carbocycles. The Kier molecular flexibility index (Phi) is 5.03. The highest BCUT2D eigenvalue weighted by Gasteiger charge is 2.16. The van der Waals surface area contributed by atoms with E-state index in [4.69, 9.17) is 0 Å². The van der Waals surface area contributed by atoms with E-state index < -0.39 is 7.12 Å². The van der Waals surface area contributed by atoms with Gasteiger partial charge < -0.3 is 10.0 Å². The van der Waals surface area contributed by atoms with E-state index in [0.29, 0.717) is 17.3 Å². The van der Waals surface area contributed by atoms with E-state index in [1.807, 2.05) is 18.2 Å². The van der Waals surface area contributed by atoms with Crippen molar-refractivity contribution in [1.82, 2.24) is 0 Å². The third-order valence-corrected chi connectivity index (χ3v) is 3.34. The second-order valence-electron chi connectivity index (χ2n) is 4.83. The lowest BCUT2D eigenvalue weighted by molar-refractivity contribution is 0.392. The highest BCUT2D eigenvalue weighted by molar-refractivity contribution is 6.59. The van der Waals surface area contributed by atoms with Crippen molar-refractivity contribution in [2.24, 2.45) is 11.8 Å². The Morgan fingerprint density at radius 2 is 1.75 bits per heavy atom. The van der Waals surface area contributed by atoms with Crippen LogP contribution < -0.4 is 5.46 Å². The van der Waals surface area contributed by atoms with Gasteiger partial charge in [0.15, 0.2) is 0 Å². The molecule has 0 aliphatic heterocycles. The van der Waals surface area contributed by atoms with Crippen LogP contribution in [0.5, 0.6) is 0 Å². The van der Waals surface area contributed by atoms with Gasteiger partial charge in [-0.3, -0.25) is 0 Å². The minimum Gasteiger partial charge on any atom is -0.423 e. The summed E-state index contributed by atoms with van der Waals surface area (Å²) >= 11 is 0. The maximum Gasteiger partial charge on any atom is 0.488 e. The first-order valence-electron chi connectivity index (χ1n) is 5.96. The molecular formula is C13H21BO2. The van der Waals surface area contributed by atoms with Gasteiger partial charge in [0.1, 0.15) is 0 Å². The summed E-state index contributed by atoms with van der Waals surface area (Å²) in [7, 11) is -1.36. The molecule has 1 atom stereocenters. The second kappa shape index (κ2) is 6.07. The lowest BCUT2D eigenvalue weighted by atomic mass is 9.75. The zero-order valence-electron chi connectivity index (χ0n) is 10.4. The Bertz CT molecular complexity index is 323. The molecule has 1 aromatic rings. The van der Waals surface area contributed by atoms with Gasteiger partial charge >= 0.3 is 7.12 Å². The van der Waals surface area contributed by atoms with Crippen LogP contribution in [0, 0.1) is 11.8 Å². The zero-order valence-corrected chi connectivity index (χ0v) is 10.4. The molecule has 0 amide bonds. The zero-order chi connectivity index (χ0) is 12.1. The van der Waals surface area contributed by atoms with Crippen LogP contribution in [0.15, 0.2) is 24.3 Å². The van der Waals surface area contributed by atoms with Gasteiger partial charge in [-0.1, -0.05) is 45.0 Å². The molecule has 0 fully saturated rings. The number of rotatable bonds is 5. The molecule has 16 heavy (non-hydrogen) atoms. The van der Waals surface area contributed by atoms with E-state index in [1.54, 1.807) is 6.07 Å². The molecule has 3 heteroatoms. The quantitative estimate of drug-likeness (QED) is 0.740. The van der Waals surface area contributed by atoms with Crippen molar-refractivity contribution in [3.05, 3.63) is 29.8 Å². The third kappa shape index (κ3) is 3.65. The SMILES string of the molecule is CC(C)C(C)CCc1ccccc1B(O)O. The predicted octanol–water partition coefficient (Wildman–Crippen LogP) is 1.59. The van der Waals surface area contributed by atoms with Crippen molar-refractivity contribution >= 4 is 12.6 Å². The Hall–Kier alpha value is -0.795. The Balaban J connectivity index is 2.66. The van der Waals surface area contributed by atoms with Gasteiger partial charge in [0.05, 0.1) is 0 Å². The third-order valence-electron chi connectivity index (χ3n) is 3.34. The van der Waals surface area contributed by atoms with Gasteiger partial charge in [0.25, 0.3) is 0 Å². The first kappa shape index (κ1) is 13.3. The summed E-state index contributed by atoms with van der Waals surface area (Å²) < 4.78 is 0. The van der Waals surface area contributed by atoms with Crippen molar-refractivity contribution in [2.75, 3.05) is 0 Å². The maximum absolute atomic E-state index is 9.23. The van der Waals surface area contributed by atoms with E-state index in [2.05, 4.69) is 20.8 Å². The average Bonchev–Trinajstić information content (AvgIpc) is 2.25. The van der Waals surface area contributed by atoms with Crippen LogP contribution in [0.2, 0.25) is 0 Å². The molecule has 0 radical (unpaired) electrons. The first-order chi connectivity index (χ1) is 7.52. The highest BCUT2D eigenvalue weighted by Crippen LogP contribution is 2.16. The monoisotopic (exact) mass is 220 g/mol. The van der Waals surface area contributed by atoms with Gasteiger partial charge in [0.2, 0.25) is 0 Å². The molecule has 2 nitrogen and oxygen atoms in total. The number of aryl methyl sites for hydroxylation is 1. The van der Waals surface area contributed by atoms with E-state index in [9.17, 15) is 10.0 Å². The molecule has 2 N–H and O–H groups in total. The summed E-state index contributed by atoms with van der Waals surface area (Å²) in [4.78, 5) is 0. The minimum atomic E-state index is -1.36. The maximum atomic E-state index is 9.23. The summed E-state index contributed by atoms with van der Waals surface area (Å²) in [5.74, 6) is 1.33. The normalized spacial score (nSPS) is 12.9. The van der Waals surface area contributed by atoms with E-state index >= 15 is 0 Å². The Labute approximate surface area is 98.5 Å². The molecule has 0 saturated carbocycles. The highest BCUT2D eigenvalue weighted by atomic mass is 16.4. The van der Waals surface area contributed by atoms with Crippen LogP contribution in [-0.2, 0) is 6.42 Å². The molecule has 1 aromatic carbocycles. The molecule has 0 saturated heterocycles. The van der Waals surface area contributed by atoms with Crippen molar-refractivity contribution in [2.45, 2.75) is 33.6 Å². The van der Waals surface area contributed by atoms with Gasteiger partial charge in [-0.25, -0.2) is 0 Å². The fraction of sp³-hybridized carbons (Fsp3) is 0.538. The van der Waals surface area contributed by atoms with Crippen LogP contribution in [0.25, 0.3) is 0 Å². The first-order valence-corrected chi connectivity index (χ1v) is 5.96. The molecule has 0 spiro atoms. The summed E-state index contributed by atoms with van der Waals surface area (Å²) in [6.45, 7) is 6.68. The van der Waals surface area contributed by atoms with Crippen LogP contribution in [0.1, 0.15) is 32.8 Å². The smallest absolute Gasteiger partial charge is 0.423 e. The van der Waals surface area contributed by atoms with Crippen molar-refractivity contribution < 1.29 is 10.0 Å². The van der Waals surface area contributed by atoms with Crippen LogP contribution in [-0.4, -0.2) is 17.2 Å². The molecule has 1 unspecified atom stereocenters. The lowest BCUT2D eigenvalue weighted by Crippen LogP contribution is -2.33. The Morgan fingerprint density at radius 1 is 1.12 bits per heavy atom. The second-order valence-corrected chi connectivity index (χ2v) is 4.83. The van der Waals surface area contributed by atoms with Gasteiger partial charge in [0, 0.05) is 0 Å². The van der Waals surface area contributed by atoms with Crippen molar-refractivity contribution in [3.63, 3.8) is 0 Å². The van der Waals surface area contributed by atoms with E-state index in [0.717, 1.165) is 18.4 Å². The number of hydrogen-bond acceptors (Lipinski definition) is 2. The average molecular weight is 220 g/mol. The van der Waals surface area contributed by atoms with Crippen molar-refractivity contribution in [3.8, 4) is 0 Å². The largest absolute Gasteiger partial charge is 0.488 e. The van der Waals surface area contributed by atoms with Crippen molar-refractivity contribution in [1.29, 1.82) is 0 Å². The molecule has 0 bridgehead atoms. The summed E-state index contributed by atoms with van der Waals surface area (Å²) in [5, 5.41) is 18.5. The summed E-state index contributed by atoms with van der Waals surface area (Å²) in [6, 6.07) is 7.53. The molecule has 88 valence electrons. The summed E-state index contributed by atoms with van der Waals surface area (Å²) in [6.07, 6.45) is 1.99. The molecule has 1 rings (SSSR count). The van der Waals surface area contributed by atoms with Gasteiger partial charge in [-0.05, 0) is 35.7 Å². The predicted molar refractivity (Wildman–Crippen MR) is 68.6 cm³/mol. The number of hydrogen-bond donors (Lipinski definition) is 2. The fourth-order valence-electron chi connectivity index (χ4n) is 1.73. The summed E-state index contributed by atoms with van der Waals surface area (Å²) in [5.41, 5.74) is 1.68. The standard InChI is InChI=1S/C13H21BO2/c1-10(2)11(3)8-9-12-6-4-5-7-13(12)14(15)16/h4-7,10-11,15-16H,8-9H2,1-3H3. The van der Waals surface area contributed by atoms with Crippen LogP contribution >= 0.6 is 0 Å².